The highest BCUT2D eigenvalue weighted by Crippen LogP contribution is 2.30. The van der Waals surface area contributed by atoms with Crippen LogP contribution >= 0.6 is 11.5 Å². The summed E-state index contributed by atoms with van der Waals surface area (Å²) in [5.74, 6) is 0.820. The molecule has 2 aromatic rings. The summed E-state index contributed by atoms with van der Waals surface area (Å²) in [5.41, 5.74) is 2.39. The maximum atomic E-state index is 12.4. The van der Waals surface area contributed by atoms with Crippen LogP contribution in [0.25, 0.3) is 0 Å². The van der Waals surface area contributed by atoms with E-state index in [0.29, 0.717) is 6.04 Å². The minimum absolute atomic E-state index is 0.0757. The Bertz CT molecular complexity index is 776. The van der Waals surface area contributed by atoms with Gasteiger partial charge in [0.2, 0.25) is 5.13 Å². The van der Waals surface area contributed by atoms with Crippen LogP contribution in [0.5, 0.6) is 0 Å². The third kappa shape index (κ3) is 3.22. The minimum atomic E-state index is 0.0757. The molecule has 4 rings (SSSR count). The maximum absolute atomic E-state index is 12.4. The lowest BCUT2D eigenvalue weighted by molar-refractivity contribution is 0.300. The van der Waals surface area contributed by atoms with Crippen molar-refractivity contribution in [1.29, 1.82) is 0 Å². The van der Waals surface area contributed by atoms with Gasteiger partial charge < -0.3 is 5.32 Å². The number of rotatable bonds is 3. The number of hydrogen-bond acceptors (Lipinski definition) is 6. The topological polar surface area (TPSA) is 72.7 Å². The quantitative estimate of drug-likeness (QED) is 0.926. The van der Waals surface area contributed by atoms with Gasteiger partial charge in [-0.15, -0.1) is 0 Å². The van der Waals surface area contributed by atoms with Crippen LogP contribution in [-0.2, 0) is 12.8 Å². The van der Waals surface area contributed by atoms with Gasteiger partial charge in [-0.25, -0.2) is 9.67 Å². The van der Waals surface area contributed by atoms with Crippen molar-refractivity contribution in [3.8, 4) is 0 Å². The number of anilines is 1. The van der Waals surface area contributed by atoms with Crippen LogP contribution in [0.3, 0.4) is 0 Å². The molecular formula is C17H23N5OS. The van der Waals surface area contributed by atoms with Crippen molar-refractivity contribution in [1.82, 2.24) is 19.1 Å². The van der Waals surface area contributed by atoms with E-state index in [-0.39, 0.29) is 11.6 Å². The number of fused-ring (bicyclic) bond motifs is 1. The molecule has 0 atom stereocenters. The molecule has 2 aliphatic carbocycles. The van der Waals surface area contributed by atoms with E-state index in [1.54, 1.807) is 4.68 Å². The number of aryl methyl sites for hydroxylation is 3. The van der Waals surface area contributed by atoms with E-state index in [0.717, 1.165) is 55.2 Å². The summed E-state index contributed by atoms with van der Waals surface area (Å²) in [4.78, 5) is 16.8. The fraction of sp³-hybridized carbons (Fsp3) is 0.647. The van der Waals surface area contributed by atoms with Gasteiger partial charge in [-0.2, -0.15) is 9.47 Å². The fourth-order valence-corrected chi connectivity index (χ4v) is 4.49. The van der Waals surface area contributed by atoms with Crippen molar-refractivity contribution in [2.45, 2.75) is 70.4 Å². The number of aromatic nitrogens is 4. The van der Waals surface area contributed by atoms with Gasteiger partial charge in [0.1, 0.15) is 5.82 Å². The van der Waals surface area contributed by atoms with E-state index in [9.17, 15) is 4.79 Å². The van der Waals surface area contributed by atoms with E-state index in [1.807, 2.05) is 13.0 Å². The van der Waals surface area contributed by atoms with Crippen LogP contribution < -0.4 is 10.9 Å². The Morgan fingerprint density at radius 3 is 2.75 bits per heavy atom. The molecule has 2 aliphatic rings. The first-order valence-electron chi connectivity index (χ1n) is 8.87. The lowest BCUT2D eigenvalue weighted by Gasteiger charge is -2.30. The van der Waals surface area contributed by atoms with Gasteiger partial charge in [0.25, 0.3) is 5.56 Å². The summed E-state index contributed by atoms with van der Waals surface area (Å²) in [7, 11) is 0. The summed E-state index contributed by atoms with van der Waals surface area (Å²) in [6, 6.07) is 2.48. The molecule has 2 aromatic heterocycles. The highest BCUT2D eigenvalue weighted by Gasteiger charge is 2.25. The van der Waals surface area contributed by atoms with Crippen LogP contribution in [0.15, 0.2) is 10.9 Å². The van der Waals surface area contributed by atoms with Crippen LogP contribution in [0, 0.1) is 6.92 Å². The van der Waals surface area contributed by atoms with Gasteiger partial charge in [-0.05, 0) is 63.9 Å². The molecule has 2 heterocycles. The molecule has 128 valence electrons. The van der Waals surface area contributed by atoms with Crippen molar-refractivity contribution in [3.63, 3.8) is 0 Å². The molecule has 0 bridgehead atoms. The average Bonchev–Trinajstić information content (AvgIpc) is 3.00. The average molecular weight is 345 g/mol. The second-order valence-corrected chi connectivity index (χ2v) is 7.65. The third-order valence-corrected chi connectivity index (χ3v) is 5.87. The van der Waals surface area contributed by atoms with Gasteiger partial charge >= 0.3 is 0 Å². The lowest BCUT2D eigenvalue weighted by atomic mass is 9.91. The van der Waals surface area contributed by atoms with Crippen molar-refractivity contribution in [2.75, 3.05) is 5.32 Å². The van der Waals surface area contributed by atoms with Crippen molar-refractivity contribution >= 4 is 16.7 Å². The molecule has 0 amide bonds. The first-order valence-corrected chi connectivity index (χ1v) is 9.65. The van der Waals surface area contributed by atoms with Gasteiger partial charge in [0.15, 0.2) is 0 Å². The molecule has 0 aromatic carbocycles. The Kier molecular flexibility index (Phi) is 4.35. The van der Waals surface area contributed by atoms with Crippen molar-refractivity contribution in [2.24, 2.45) is 0 Å². The number of nitrogens with one attached hydrogen (secondary N) is 1. The highest BCUT2D eigenvalue weighted by atomic mass is 32.1. The molecule has 1 N–H and O–H groups in total. The molecule has 24 heavy (non-hydrogen) atoms. The molecule has 1 saturated carbocycles. The van der Waals surface area contributed by atoms with Gasteiger partial charge in [0, 0.05) is 23.6 Å². The lowest BCUT2D eigenvalue weighted by Crippen LogP contribution is -2.34. The second-order valence-electron chi connectivity index (χ2n) is 6.90. The number of nitrogens with zero attached hydrogens (tertiary/aromatic N) is 4. The van der Waals surface area contributed by atoms with Crippen LogP contribution in [0.2, 0.25) is 0 Å². The SMILES string of the molecule is Cc1nsc(NC2CCC(n3nc4c(cc3=O)CCCC4)CC2)n1. The molecule has 0 aliphatic heterocycles. The zero-order valence-corrected chi connectivity index (χ0v) is 14.8. The first-order chi connectivity index (χ1) is 11.7. The zero-order chi connectivity index (χ0) is 16.5. The predicted octanol–water partition coefficient (Wildman–Crippen LogP) is 2.88. The Morgan fingerprint density at radius 1 is 1.21 bits per heavy atom. The van der Waals surface area contributed by atoms with E-state index in [4.69, 9.17) is 5.10 Å². The molecular weight excluding hydrogens is 322 g/mol. The highest BCUT2D eigenvalue weighted by molar-refractivity contribution is 7.09. The Labute approximate surface area is 145 Å². The molecule has 1 fully saturated rings. The molecule has 0 radical (unpaired) electrons. The van der Waals surface area contributed by atoms with Crippen molar-refractivity contribution < 1.29 is 0 Å². The summed E-state index contributed by atoms with van der Waals surface area (Å²) >= 11 is 1.42. The molecule has 0 spiro atoms. The van der Waals surface area contributed by atoms with Crippen LogP contribution in [-0.4, -0.2) is 25.2 Å². The Balaban J connectivity index is 1.43. The van der Waals surface area contributed by atoms with E-state index < -0.39 is 0 Å². The number of hydrogen-bond donors (Lipinski definition) is 1. The molecule has 0 unspecified atom stereocenters. The van der Waals surface area contributed by atoms with Gasteiger partial charge in [-0.1, -0.05) is 0 Å². The predicted molar refractivity (Wildman–Crippen MR) is 94.7 cm³/mol. The smallest absolute Gasteiger partial charge is 0.267 e. The van der Waals surface area contributed by atoms with Crippen LogP contribution in [0.4, 0.5) is 5.13 Å². The third-order valence-electron chi connectivity index (χ3n) is 5.13. The molecule has 7 heteroatoms. The van der Waals surface area contributed by atoms with Crippen molar-refractivity contribution in [3.05, 3.63) is 33.5 Å². The minimum Gasteiger partial charge on any atom is -0.358 e. The summed E-state index contributed by atoms with van der Waals surface area (Å²) in [6.45, 7) is 1.91. The first kappa shape index (κ1) is 15.7. The monoisotopic (exact) mass is 345 g/mol. The fourth-order valence-electron chi connectivity index (χ4n) is 3.83. The summed E-state index contributed by atoms with van der Waals surface area (Å²) in [6.07, 6.45) is 8.45. The summed E-state index contributed by atoms with van der Waals surface area (Å²) in [5, 5.41) is 9.09. The zero-order valence-electron chi connectivity index (χ0n) is 14.0. The van der Waals surface area contributed by atoms with E-state index in [2.05, 4.69) is 14.7 Å². The largest absolute Gasteiger partial charge is 0.358 e. The maximum Gasteiger partial charge on any atom is 0.267 e. The Hall–Kier alpha value is -1.76. The van der Waals surface area contributed by atoms with Crippen LogP contribution in [0.1, 0.15) is 61.6 Å². The van der Waals surface area contributed by atoms with Gasteiger partial charge in [-0.3, -0.25) is 4.79 Å². The standard InChI is InChI=1S/C17H23N5OS/c1-11-18-17(24-21-11)19-13-6-8-14(9-7-13)22-16(23)10-12-4-2-3-5-15(12)20-22/h10,13-14H,2-9H2,1H3,(H,18,19,21). The normalized spacial score (nSPS) is 23.7. The molecule has 0 saturated heterocycles. The van der Waals surface area contributed by atoms with Gasteiger partial charge in [0.05, 0.1) is 11.7 Å². The van der Waals surface area contributed by atoms with E-state index in [1.165, 1.54) is 29.9 Å². The molecule has 6 nitrogen and oxygen atoms in total. The summed E-state index contributed by atoms with van der Waals surface area (Å²) < 4.78 is 5.97. The second kappa shape index (κ2) is 6.63. The van der Waals surface area contributed by atoms with E-state index >= 15 is 0 Å². The Morgan fingerprint density at radius 2 is 2.00 bits per heavy atom.